The quantitative estimate of drug-likeness (QED) is 0.148. The Hall–Kier alpha value is -4.14. The van der Waals surface area contributed by atoms with E-state index >= 15 is 0 Å². The summed E-state index contributed by atoms with van der Waals surface area (Å²) >= 11 is 0. The Morgan fingerprint density at radius 3 is 1.54 bits per heavy atom. The number of rotatable bonds is 11. The molecule has 9 nitrogen and oxygen atoms in total. The van der Waals surface area contributed by atoms with Crippen LogP contribution >= 0.6 is 0 Å². The maximum atomic E-state index is 10.8. The van der Waals surface area contributed by atoms with E-state index in [0.29, 0.717) is 46.3 Å². The Balaban J connectivity index is 1.79. The number of methoxy groups -OCH3 is 2. The summed E-state index contributed by atoms with van der Waals surface area (Å²) in [7, 11) is 3.06. The average Bonchev–Trinajstić information content (AvgIpc) is 2.89. The van der Waals surface area contributed by atoms with Gasteiger partial charge in [0.1, 0.15) is 22.9 Å². The minimum atomic E-state index is -0.467. The molecule has 3 rings (SSSR count). The fourth-order valence-electron chi connectivity index (χ4n) is 4.10. The molecule has 0 amide bonds. The number of benzene rings is 3. The summed E-state index contributed by atoms with van der Waals surface area (Å²) in [6.45, 7) is 9.10. The number of hydrogen-bond donors (Lipinski definition) is 0. The molecule has 0 radical (unpaired) electrons. The average molecular weight is 504 g/mol. The number of non-ortho nitro benzene ring substituents is 1. The van der Waals surface area contributed by atoms with Crippen LogP contribution in [0.1, 0.15) is 33.3 Å². The minimum Gasteiger partial charge on any atom is -0.494 e. The van der Waals surface area contributed by atoms with Crippen molar-refractivity contribution < 1.29 is 14.4 Å². The number of ether oxygens (including phenoxy) is 2. The molecule has 0 saturated heterocycles. The smallest absolute Gasteiger partial charge is 0.269 e. The lowest BCUT2D eigenvalue weighted by atomic mass is 9.81. The summed E-state index contributed by atoms with van der Waals surface area (Å²) in [6.07, 6.45) is 1.04. The number of nitro groups is 1. The van der Waals surface area contributed by atoms with E-state index in [1.807, 2.05) is 12.1 Å². The van der Waals surface area contributed by atoms with Crippen molar-refractivity contribution in [2.75, 3.05) is 14.2 Å². The molecule has 0 aliphatic heterocycles. The first-order valence-corrected chi connectivity index (χ1v) is 12.1. The number of nitro benzene ring substituents is 1. The van der Waals surface area contributed by atoms with E-state index < -0.39 is 4.92 Å². The van der Waals surface area contributed by atoms with Gasteiger partial charge in [0.2, 0.25) is 0 Å². The van der Waals surface area contributed by atoms with Gasteiger partial charge in [-0.05, 0) is 54.0 Å². The Morgan fingerprint density at radius 2 is 1.16 bits per heavy atom. The molecular weight excluding hydrogens is 470 g/mol. The van der Waals surface area contributed by atoms with Gasteiger partial charge >= 0.3 is 0 Å². The predicted octanol–water partition coefficient (Wildman–Crippen LogP) is 8.91. The zero-order valence-electron chi connectivity index (χ0n) is 22.1. The maximum Gasteiger partial charge on any atom is 0.269 e. The van der Waals surface area contributed by atoms with Crippen LogP contribution < -0.4 is 9.47 Å². The van der Waals surface area contributed by atoms with Gasteiger partial charge in [-0.2, -0.15) is 10.2 Å². The van der Waals surface area contributed by atoms with Gasteiger partial charge in [0.05, 0.1) is 30.5 Å². The molecular formula is C28H33N5O4. The first-order chi connectivity index (χ1) is 17.7. The van der Waals surface area contributed by atoms with Crippen LogP contribution in [0.4, 0.5) is 28.4 Å². The normalized spacial score (nSPS) is 11.8. The zero-order chi connectivity index (χ0) is 26.9. The molecule has 0 N–H and O–H groups in total. The molecule has 0 bridgehead atoms. The summed E-state index contributed by atoms with van der Waals surface area (Å²) in [5.41, 5.74) is 3.37. The van der Waals surface area contributed by atoms with Crippen molar-refractivity contribution in [3.8, 4) is 11.5 Å². The van der Waals surface area contributed by atoms with Crippen molar-refractivity contribution in [3.05, 3.63) is 76.3 Å². The molecule has 37 heavy (non-hydrogen) atoms. The molecule has 0 atom stereocenters. The van der Waals surface area contributed by atoms with E-state index in [0.717, 1.165) is 12.1 Å². The van der Waals surface area contributed by atoms with Crippen molar-refractivity contribution in [2.24, 2.45) is 38.2 Å². The first kappa shape index (κ1) is 27.4. The van der Waals surface area contributed by atoms with E-state index in [1.54, 1.807) is 12.1 Å². The van der Waals surface area contributed by atoms with Crippen LogP contribution in [0.2, 0.25) is 0 Å². The fourth-order valence-corrected chi connectivity index (χ4v) is 4.10. The second-order valence-electron chi connectivity index (χ2n) is 9.39. The number of nitrogens with zero attached hydrogens (tertiary/aromatic N) is 5. The third-order valence-corrected chi connectivity index (χ3v) is 6.21. The van der Waals surface area contributed by atoms with Crippen LogP contribution in [0.25, 0.3) is 0 Å². The van der Waals surface area contributed by atoms with Crippen LogP contribution in [0.15, 0.2) is 81.1 Å². The molecule has 0 fully saturated rings. The fraction of sp³-hybridized carbons (Fsp3) is 0.357. The molecule has 0 heterocycles. The Bertz CT molecular complexity index is 1240. The van der Waals surface area contributed by atoms with Gasteiger partial charge in [-0.15, -0.1) is 10.2 Å². The molecule has 0 spiro atoms. The van der Waals surface area contributed by atoms with E-state index in [-0.39, 0.29) is 5.69 Å². The third-order valence-electron chi connectivity index (χ3n) is 6.21. The lowest BCUT2D eigenvalue weighted by molar-refractivity contribution is -0.384. The van der Waals surface area contributed by atoms with E-state index in [2.05, 4.69) is 60.3 Å². The Labute approximate surface area is 217 Å². The molecule has 3 aromatic carbocycles. The summed E-state index contributed by atoms with van der Waals surface area (Å²) < 4.78 is 11.0. The highest BCUT2D eigenvalue weighted by Gasteiger charge is 2.18. The molecule has 0 aromatic heterocycles. The highest BCUT2D eigenvalue weighted by atomic mass is 16.6. The number of hydrogen-bond acceptors (Lipinski definition) is 8. The van der Waals surface area contributed by atoms with Crippen LogP contribution in [0.5, 0.6) is 11.5 Å². The lowest BCUT2D eigenvalue weighted by Gasteiger charge is -2.24. The third kappa shape index (κ3) is 7.42. The maximum absolute atomic E-state index is 10.8. The van der Waals surface area contributed by atoms with Gasteiger partial charge in [-0.3, -0.25) is 10.1 Å². The van der Waals surface area contributed by atoms with Crippen molar-refractivity contribution >= 4 is 28.4 Å². The van der Waals surface area contributed by atoms with Gasteiger partial charge < -0.3 is 9.47 Å². The van der Waals surface area contributed by atoms with Crippen LogP contribution in [0.3, 0.4) is 0 Å². The SMILES string of the molecule is COc1cc(N=Nc2ccc([N+](=O)[O-])cc2)c(OC)cc1N=Nc1ccc(CC(C(C)C)C(C)C)cc1. The Kier molecular flexibility index (Phi) is 9.43. The molecule has 9 heteroatoms. The van der Waals surface area contributed by atoms with Crippen LogP contribution in [-0.4, -0.2) is 19.1 Å². The number of azo groups is 2. The Morgan fingerprint density at radius 1 is 0.730 bits per heavy atom. The second kappa shape index (κ2) is 12.7. The van der Waals surface area contributed by atoms with Gasteiger partial charge in [0.25, 0.3) is 5.69 Å². The topological polar surface area (TPSA) is 111 Å². The van der Waals surface area contributed by atoms with E-state index in [4.69, 9.17) is 9.47 Å². The predicted molar refractivity (Wildman–Crippen MR) is 144 cm³/mol. The molecule has 0 unspecified atom stereocenters. The highest BCUT2D eigenvalue weighted by Crippen LogP contribution is 2.41. The summed E-state index contributed by atoms with van der Waals surface area (Å²) in [5, 5.41) is 27.9. The van der Waals surface area contributed by atoms with E-state index in [1.165, 1.54) is 44.0 Å². The largest absolute Gasteiger partial charge is 0.494 e. The minimum absolute atomic E-state index is 0.0159. The van der Waals surface area contributed by atoms with Crippen molar-refractivity contribution in [1.29, 1.82) is 0 Å². The molecule has 0 saturated carbocycles. The van der Waals surface area contributed by atoms with Gasteiger partial charge in [0, 0.05) is 24.3 Å². The summed E-state index contributed by atoms with van der Waals surface area (Å²) in [4.78, 5) is 10.4. The van der Waals surface area contributed by atoms with Crippen molar-refractivity contribution in [1.82, 2.24) is 0 Å². The second-order valence-corrected chi connectivity index (χ2v) is 9.39. The van der Waals surface area contributed by atoms with Crippen molar-refractivity contribution in [3.63, 3.8) is 0 Å². The summed E-state index contributed by atoms with van der Waals surface area (Å²) in [6, 6.07) is 17.2. The standard InChI is InChI=1S/C28H33N5O4/c1-18(2)24(19(3)4)15-20-7-9-21(10-8-20)29-31-25-16-28(37-6)26(17-27(25)36-5)32-30-22-11-13-23(14-12-22)33(34)35/h7-14,16-19,24H,15H2,1-6H3. The van der Waals surface area contributed by atoms with Gasteiger partial charge in [-0.25, -0.2) is 0 Å². The van der Waals surface area contributed by atoms with Crippen molar-refractivity contribution in [2.45, 2.75) is 34.1 Å². The highest BCUT2D eigenvalue weighted by molar-refractivity contribution is 5.66. The monoisotopic (exact) mass is 503 g/mol. The molecule has 3 aromatic rings. The summed E-state index contributed by atoms with van der Waals surface area (Å²) in [5.74, 6) is 2.76. The van der Waals surface area contributed by atoms with Crippen LogP contribution in [0, 0.1) is 27.9 Å². The lowest BCUT2D eigenvalue weighted by Crippen LogP contribution is -2.18. The molecule has 194 valence electrons. The zero-order valence-corrected chi connectivity index (χ0v) is 22.1. The molecule has 0 aliphatic rings. The first-order valence-electron chi connectivity index (χ1n) is 12.1. The van der Waals surface area contributed by atoms with E-state index in [9.17, 15) is 10.1 Å². The van der Waals surface area contributed by atoms with Gasteiger partial charge in [-0.1, -0.05) is 39.8 Å². The van der Waals surface area contributed by atoms with Crippen LogP contribution in [-0.2, 0) is 6.42 Å². The molecule has 0 aliphatic carbocycles. The van der Waals surface area contributed by atoms with Gasteiger partial charge in [0.15, 0.2) is 0 Å².